The number of para-hydroxylation sites is 1. The summed E-state index contributed by atoms with van der Waals surface area (Å²) >= 11 is 6.02. The minimum absolute atomic E-state index is 0. The molecule has 1 aliphatic heterocycles. The molecule has 154 valence electrons. The van der Waals surface area contributed by atoms with Gasteiger partial charge >= 0.3 is 6.09 Å². The zero-order valence-electron chi connectivity index (χ0n) is 15.7. The maximum absolute atomic E-state index is 12.0. The first-order chi connectivity index (χ1) is 12.2. The molecule has 1 saturated heterocycles. The summed E-state index contributed by atoms with van der Waals surface area (Å²) in [6.07, 6.45) is 0.772. The number of hydrogen-bond acceptors (Lipinski definition) is 5. The number of hydrogen-bond donors (Lipinski definition) is 2. The lowest BCUT2D eigenvalue weighted by Crippen LogP contribution is -2.48. The van der Waals surface area contributed by atoms with Gasteiger partial charge in [0.1, 0.15) is 24.1 Å². The largest absolute Gasteiger partial charge is 0.489 e. The fraction of sp³-hybridized carbons (Fsp3) is 0.650. The molecule has 27 heavy (non-hydrogen) atoms. The van der Waals surface area contributed by atoms with E-state index in [0.717, 1.165) is 12.8 Å². The predicted octanol–water partition coefficient (Wildman–Crippen LogP) is 3.70. The van der Waals surface area contributed by atoms with Crippen molar-refractivity contribution in [3.8, 4) is 5.75 Å². The summed E-state index contributed by atoms with van der Waals surface area (Å²) in [5.74, 6) is 0.568. The first-order valence-corrected chi connectivity index (χ1v) is 9.39. The molecule has 1 heterocycles. The lowest BCUT2D eigenvalue weighted by Gasteiger charge is -2.34. The van der Waals surface area contributed by atoms with Gasteiger partial charge in [0.15, 0.2) is 0 Å². The number of likely N-dealkylation sites (tertiary alicyclic amines) is 1. The van der Waals surface area contributed by atoms with E-state index in [4.69, 9.17) is 21.1 Å². The van der Waals surface area contributed by atoms with E-state index in [0.29, 0.717) is 30.4 Å². The van der Waals surface area contributed by atoms with Gasteiger partial charge in [0.05, 0.1) is 5.02 Å². The van der Waals surface area contributed by atoms with Crippen molar-refractivity contribution in [1.29, 1.82) is 0 Å². The Morgan fingerprint density at radius 2 is 1.96 bits per heavy atom. The number of aliphatic hydroxyl groups excluding tert-OH is 1. The van der Waals surface area contributed by atoms with Gasteiger partial charge in [-0.15, -0.1) is 0 Å². The van der Waals surface area contributed by atoms with Crippen LogP contribution in [0.4, 0.5) is 4.79 Å². The number of ether oxygens (including phenoxy) is 2. The van der Waals surface area contributed by atoms with Crippen LogP contribution in [-0.4, -0.2) is 60.1 Å². The summed E-state index contributed by atoms with van der Waals surface area (Å²) in [5, 5.41) is 14.0. The molecule has 6 nitrogen and oxygen atoms in total. The van der Waals surface area contributed by atoms with E-state index in [9.17, 15) is 9.90 Å². The number of halogens is 1. The number of benzene rings is 1. The van der Waals surface area contributed by atoms with Crippen molar-refractivity contribution in [1.82, 2.24) is 10.2 Å². The quantitative estimate of drug-likeness (QED) is 0.761. The van der Waals surface area contributed by atoms with E-state index in [1.165, 1.54) is 0 Å². The monoisotopic (exact) mass is 400 g/mol. The smallest absolute Gasteiger partial charge is 0.410 e. The van der Waals surface area contributed by atoms with Crippen LogP contribution in [0.2, 0.25) is 5.02 Å². The van der Waals surface area contributed by atoms with E-state index in [1.807, 2.05) is 32.9 Å². The maximum Gasteiger partial charge on any atom is 0.410 e. The maximum atomic E-state index is 12.0. The van der Waals surface area contributed by atoms with Crippen molar-refractivity contribution >= 4 is 17.7 Å². The molecule has 0 aliphatic carbocycles. The van der Waals surface area contributed by atoms with Gasteiger partial charge in [-0.3, -0.25) is 0 Å². The minimum atomic E-state index is -0.629. The van der Waals surface area contributed by atoms with Crippen LogP contribution in [0, 0.1) is 0 Å². The molecular formula is C20H33ClN2O4. The van der Waals surface area contributed by atoms with E-state index >= 15 is 0 Å². The molecule has 7 heteroatoms. The molecule has 2 N–H and O–H groups in total. The van der Waals surface area contributed by atoms with Gasteiger partial charge in [-0.25, -0.2) is 4.79 Å². The second kappa shape index (κ2) is 10.7. The van der Waals surface area contributed by atoms with Crippen LogP contribution in [0.5, 0.6) is 5.75 Å². The summed E-state index contributed by atoms with van der Waals surface area (Å²) < 4.78 is 10.9. The van der Waals surface area contributed by atoms with Crippen molar-refractivity contribution in [3.63, 3.8) is 0 Å². The van der Waals surface area contributed by atoms with Gasteiger partial charge in [-0.1, -0.05) is 31.2 Å². The fourth-order valence-electron chi connectivity index (χ4n) is 2.70. The lowest BCUT2D eigenvalue weighted by molar-refractivity contribution is 0.0192. The highest BCUT2D eigenvalue weighted by molar-refractivity contribution is 6.32. The Labute approximate surface area is 167 Å². The number of rotatable bonds is 6. The molecule has 1 fully saturated rings. The summed E-state index contributed by atoms with van der Waals surface area (Å²) in [5.41, 5.74) is -0.474. The zero-order valence-corrected chi connectivity index (χ0v) is 16.5. The van der Waals surface area contributed by atoms with Crippen molar-refractivity contribution < 1.29 is 19.4 Å². The topological polar surface area (TPSA) is 71.0 Å². The molecule has 0 radical (unpaired) electrons. The van der Waals surface area contributed by atoms with Gasteiger partial charge in [-0.2, -0.15) is 0 Å². The van der Waals surface area contributed by atoms with Gasteiger partial charge in [0.25, 0.3) is 0 Å². The Hall–Kier alpha value is -1.50. The second-order valence-corrected chi connectivity index (χ2v) is 7.95. The number of carbonyl (C=O) groups is 1. The highest BCUT2D eigenvalue weighted by Crippen LogP contribution is 2.23. The second-order valence-electron chi connectivity index (χ2n) is 7.55. The molecule has 1 aromatic rings. The summed E-state index contributed by atoms with van der Waals surface area (Å²) in [4.78, 5) is 13.8. The summed E-state index contributed by atoms with van der Waals surface area (Å²) in [6.45, 7) is 7.51. The third-order valence-corrected chi connectivity index (χ3v) is 4.37. The van der Waals surface area contributed by atoms with Crippen molar-refractivity contribution in [2.45, 2.75) is 58.8 Å². The van der Waals surface area contributed by atoms with Crippen LogP contribution in [0.25, 0.3) is 0 Å². The molecule has 2 rings (SSSR count). The van der Waals surface area contributed by atoms with E-state index < -0.39 is 11.7 Å². The Bertz CT molecular complexity index is 584. The van der Waals surface area contributed by atoms with Crippen molar-refractivity contribution in [2.75, 3.05) is 26.2 Å². The van der Waals surface area contributed by atoms with Crippen LogP contribution in [0.1, 0.15) is 41.0 Å². The number of carbonyl (C=O) groups excluding carboxylic acids is 1. The van der Waals surface area contributed by atoms with Gasteiger partial charge in [0.2, 0.25) is 0 Å². The standard InChI is InChI=1S/C19H29ClN2O4.CH4/c1-19(2,3)26-18(24)22-10-8-14(9-11-22)21-12-15(23)13-25-17-7-5-4-6-16(17)20;/h4-7,14-15,21,23H,8-13H2,1-3H3;1H4/t15-;/m0./s1. The van der Waals surface area contributed by atoms with Crippen LogP contribution >= 0.6 is 11.6 Å². The number of amides is 1. The number of aliphatic hydroxyl groups is 1. The lowest BCUT2D eigenvalue weighted by atomic mass is 10.1. The van der Waals surface area contributed by atoms with Crippen molar-refractivity contribution in [3.05, 3.63) is 29.3 Å². The van der Waals surface area contributed by atoms with Crippen LogP contribution in [0.15, 0.2) is 24.3 Å². The first kappa shape index (κ1) is 23.5. The van der Waals surface area contributed by atoms with E-state index in [1.54, 1.807) is 17.0 Å². The molecule has 1 aliphatic rings. The molecule has 0 unspecified atom stereocenters. The number of nitrogens with zero attached hydrogens (tertiary/aromatic N) is 1. The Kier molecular flexibility index (Phi) is 9.36. The zero-order chi connectivity index (χ0) is 19.2. The number of nitrogens with one attached hydrogen (secondary N) is 1. The van der Waals surface area contributed by atoms with Crippen LogP contribution in [0.3, 0.4) is 0 Å². The molecule has 0 spiro atoms. The fourth-order valence-corrected chi connectivity index (χ4v) is 2.89. The molecule has 0 aromatic heterocycles. The van der Waals surface area contributed by atoms with Gasteiger partial charge in [-0.05, 0) is 45.7 Å². The van der Waals surface area contributed by atoms with Crippen molar-refractivity contribution in [2.24, 2.45) is 0 Å². The van der Waals surface area contributed by atoms with Crippen LogP contribution < -0.4 is 10.1 Å². The minimum Gasteiger partial charge on any atom is -0.489 e. The van der Waals surface area contributed by atoms with Gasteiger partial charge in [0, 0.05) is 25.7 Å². The molecule has 1 amide bonds. The van der Waals surface area contributed by atoms with E-state index in [-0.39, 0.29) is 26.2 Å². The predicted molar refractivity (Wildman–Crippen MR) is 109 cm³/mol. The molecule has 0 bridgehead atoms. The SMILES string of the molecule is C.CC(C)(C)OC(=O)N1CCC(NC[C@H](O)COc2ccccc2Cl)CC1. The summed E-state index contributed by atoms with van der Waals surface area (Å²) in [6, 6.07) is 7.46. The van der Waals surface area contributed by atoms with Gasteiger partial charge < -0.3 is 24.8 Å². The normalized spacial score (nSPS) is 16.4. The third-order valence-electron chi connectivity index (χ3n) is 4.06. The highest BCUT2D eigenvalue weighted by atomic mass is 35.5. The Morgan fingerprint density at radius 3 is 2.56 bits per heavy atom. The summed E-state index contributed by atoms with van der Waals surface area (Å²) in [7, 11) is 0. The van der Waals surface area contributed by atoms with E-state index in [2.05, 4.69) is 5.32 Å². The average molecular weight is 401 g/mol. The van der Waals surface area contributed by atoms with Crippen LogP contribution in [-0.2, 0) is 4.74 Å². The molecule has 0 saturated carbocycles. The third kappa shape index (κ3) is 8.37. The first-order valence-electron chi connectivity index (χ1n) is 9.01. The molecular weight excluding hydrogens is 368 g/mol. The average Bonchev–Trinajstić information content (AvgIpc) is 2.58. The number of piperidine rings is 1. The molecule has 1 aromatic carbocycles. The Morgan fingerprint density at radius 1 is 1.33 bits per heavy atom. The highest BCUT2D eigenvalue weighted by Gasteiger charge is 2.26. The molecule has 1 atom stereocenters. The Balaban J connectivity index is 0.00000364.